The molecule has 21 heavy (non-hydrogen) atoms. The standard InChI is InChI=1S/C13H22N2O6/c1-17-4-5-18-6-7-19-8-9-20-10-11-2-3-12(21-11)13(16)15-14/h2-3H,4-10,14H2,1H3,(H,15,16). The zero-order valence-electron chi connectivity index (χ0n) is 12.1. The third-order valence-electron chi connectivity index (χ3n) is 2.44. The molecule has 8 nitrogen and oxygen atoms in total. The number of rotatable bonds is 12. The van der Waals surface area contributed by atoms with Gasteiger partial charge in [-0.3, -0.25) is 10.2 Å². The maximum atomic E-state index is 11.2. The van der Waals surface area contributed by atoms with Gasteiger partial charge >= 0.3 is 5.91 Å². The number of furan rings is 1. The van der Waals surface area contributed by atoms with Gasteiger partial charge in [-0.25, -0.2) is 5.84 Å². The van der Waals surface area contributed by atoms with Crippen LogP contribution in [0.3, 0.4) is 0 Å². The van der Waals surface area contributed by atoms with Crippen LogP contribution >= 0.6 is 0 Å². The van der Waals surface area contributed by atoms with Crippen LogP contribution in [-0.2, 0) is 25.6 Å². The van der Waals surface area contributed by atoms with Crippen molar-refractivity contribution >= 4 is 5.91 Å². The highest BCUT2D eigenvalue weighted by atomic mass is 16.6. The lowest BCUT2D eigenvalue weighted by Crippen LogP contribution is -2.29. The molecule has 0 saturated carbocycles. The fourth-order valence-electron chi connectivity index (χ4n) is 1.40. The average molecular weight is 302 g/mol. The van der Waals surface area contributed by atoms with E-state index in [1.807, 2.05) is 5.43 Å². The maximum absolute atomic E-state index is 11.2. The molecule has 0 unspecified atom stereocenters. The van der Waals surface area contributed by atoms with E-state index in [0.717, 1.165) is 0 Å². The van der Waals surface area contributed by atoms with E-state index in [4.69, 9.17) is 29.2 Å². The van der Waals surface area contributed by atoms with Gasteiger partial charge in [0.2, 0.25) is 0 Å². The van der Waals surface area contributed by atoms with Crippen LogP contribution in [0.2, 0.25) is 0 Å². The van der Waals surface area contributed by atoms with Crippen LogP contribution in [0.5, 0.6) is 0 Å². The highest BCUT2D eigenvalue weighted by Crippen LogP contribution is 2.08. The Morgan fingerprint density at radius 1 is 1.10 bits per heavy atom. The minimum absolute atomic E-state index is 0.153. The van der Waals surface area contributed by atoms with Crippen molar-refractivity contribution in [1.82, 2.24) is 5.43 Å². The summed E-state index contributed by atoms with van der Waals surface area (Å²) in [4.78, 5) is 11.2. The van der Waals surface area contributed by atoms with Gasteiger partial charge in [-0.05, 0) is 12.1 Å². The summed E-state index contributed by atoms with van der Waals surface area (Å²) >= 11 is 0. The number of amides is 1. The molecular formula is C13H22N2O6. The van der Waals surface area contributed by atoms with Crippen LogP contribution in [0.4, 0.5) is 0 Å². The molecule has 3 N–H and O–H groups in total. The van der Waals surface area contributed by atoms with Gasteiger partial charge in [-0.2, -0.15) is 0 Å². The first kappa shape index (κ1) is 17.6. The lowest BCUT2D eigenvalue weighted by atomic mass is 10.4. The summed E-state index contributed by atoms with van der Waals surface area (Å²) in [6, 6.07) is 3.20. The number of hydrazine groups is 1. The van der Waals surface area contributed by atoms with Crippen LogP contribution in [0.1, 0.15) is 16.3 Å². The Balaban J connectivity index is 1.97. The smallest absolute Gasteiger partial charge is 0.300 e. The highest BCUT2D eigenvalue weighted by Gasteiger charge is 2.09. The first-order valence-corrected chi connectivity index (χ1v) is 6.59. The van der Waals surface area contributed by atoms with E-state index in [2.05, 4.69) is 0 Å². The quantitative estimate of drug-likeness (QED) is 0.244. The van der Waals surface area contributed by atoms with Crippen LogP contribution in [0, 0.1) is 0 Å². The van der Waals surface area contributed by atoms with E-state index in [1.54, 1.807) is 13.2 Å². The van der Waals surface area contributed by atoms with Gasteiger partial charge in [0.15, 0.2) is 5.76 Å². The van der Waals surface area contributed by atoms with Crippen molar-refractivity contribution in [2.45, 2.75) is 6.61 Å². The van der Waals surface area contributed by atoms with Gasteiger partial charge in [0.05, 0.1) is 39.6 Å². The molecular weight excluding hydrogens is 280 g/mol. The summed E-state index contributed by atoms with van der Waals surface area (Å²) in [6.07, 6.45) is 0. The molecule has 0 bridgehead atoms. The SMILES string of the molecule is COCCOCCOCCOCc1ccc(C(=O)NN)o1. The zero-order chi connectivity index (χ0) is 15.3. The second kappa shape index (κ2) is 11.2. The molecule has 120 valence electrons. The summed E-state index contributed by atoms with van der Waals surface area (Å²) in [7, 11) is 1.63. The number of nitrogens with two attached hydrogens (primary N) is 1. The summed E-state index contributed by atoms with van der Waals surface area (Å²) in [5.74, 6) is 5.23. The topological polar surface area (TPSA) is 105 Å². The van der Waals surface area contributed by atoms with Crippen LogP contribution < -0.4 is 11.3 Å². The molecule has 1 aromatic rings. The number of carbonyl (C=O) groups is 1. The van der Waals surface area contributed by atoms with Crippen LogP contribution in [0.25, 0.3) is 0 Å². The van der Waals surface area contributed by atoms with Gasteiger partial charge in [-0.15, -0.1) is 0 Å². The molecule has 0 saturated heterocycles. The Morgan fingerprint density at radius 3 is 2.33 bits per heavy atom. The van der Waals surface area contributed by atoms with E-state index < -0.39 is 5.91 Å². The number of methoxy groups -OCH3 is 1. The third kappa shape index (κ3) is 7.78. The van der Waals surface area contributed by atoms with Crippen molar-refractivity contribution in [3.05, 3.63) is 23.7 Å². The van der Waals surface area contributed by atoms with Crippen LogP contribution in [-0.4, -0.2) is 52.7 Å². The summed E-state index contributed by atoms with van der Waals surface area (Å²) < 4.78 is 26.0. The fraction of sp³-hybridized carbons (Fsp3) is 0.615. The van der Waals surface area contributed by atoms with Gasteiger partial charge in [0, 0.05) is 7.11 Å². The van der Waals surface area contributed by atoms with Gasteiger partial charge in [0.1, 0.15) is 12.4 Å². The Kier molecular flexibility index (Phi) is 9.42. The lowest BCUT2D eigenvalue weighted by molar-refractivity contribution is -0.00133. The number of hydrogen-bond acceptors (Lipinski definition) is 7. The molecule has 1 rings (SSSR count). The Hall–Kier alpha value is -1.45. The number of carbonyl (C=O) groups excluding carboxylic acids is 1. The lowest BCUT2D eigenvalue weighted by Gasteiger charge is -2.05. The molecule has 8 heteroatoms. The van der Waals surface area contributed by atoms with Crippen molar-refractivity contribution in [1.29, 1.82) is 0 Å². The number of nitrogen functional groups attached to an aromatic ring is 1. The Bertz CT molecular complexity index is 396. The maximum Gasteiger partial charge on any atom is 0.300 e. The molecule has 0 aliphatic carbocycles. The van der Waals surface area contributed by atoms with Gasteiger partial charge in [0.25, 0.3) is 0 Å². The van der Waals surface area contributed by atoms with E-state index in [-0.39, 0.29) is 12.4 Å². The molecule has 0 fully saturated rings. The van der Waals surface area contributed by atoms with Crippen molar-refractivity contribution in [2.24, 2.45) is 5.84 Å². The third-order valence-corrected chi connectivity index (χ3v) is 2.44. The highest BCUT2D eigenvalue weighted by molar-refractivity contribution is 5.90. The summed E-state index contributed by atoms with van der Waals surface area (Å²) in [6.45, 7) is 3.34. The average Bonchev–Trinajstić information content (AvgIpc) is 2.97. The zero-order valence-corrected chi connectivity index (χ0v) is 12.1. The Labute approximate surface area is 123 Å². The molecule has 1 amide bonds. The largest absolute Gasteiger partial charge is 0.453 e. The molecule has 0 radical (unpaired) electrons. The molecule has 1 heterocycles. The van der Waals surface area contributed by atoms with Gasteiger partial charge in [-0.1, -0.05) is 0 Å². The van der Waals surface area contributed by atoms with E-state index in [1.165, 1.54) is 6.07 Å². The second-order valence-electron chi connectivity index (χ2n) is 4.01. The molecule has 0 atom stereocenters. The molecule has 1 aromatic heterocycles. The van der Waals surface area contributed by atoms with Gasteiger partial charge < -0.3 is 23.4 Å². The number of ether oxygens (including phenoxy) is 4. The molecule has 0 aliphatic rings. The van der Waals surface area contributed by atoms with Crippen LogP contribution in [0.15, 0.2) is 16.5 Å². The molecule has 0 aliphatic heterocycles. The Morgan fingerprint density at radius 2 is 1.71 bits per heavy atom. The number of nitrogens with one attached hydrogen (secondary N) is 1. The predicted molar refractivity (Wildman–Crippen MR) is 73.5 cm³/mol. The van der Waals surface area contributed by atoms with Crippen molar-refractivity contribution < 1.29 is 28.2 Å². The summed E-state index contributed by atoms with van der Waals surface area (Å²) in [5, 5.41) is 0. The summed E-state index contributed by atoms with van der Waals surface area (Å²) in [5.41, 5.74) is 1.99. The van der Waals surface area contributed by atoms with Crippen molar-refractivity contribution in [3.8, 4) is 0 Å². The van der Waals surface area contributed by atoms with E-state index in [9.17, 15) is 4.79 Å². The van der Waals surface area contributed by atoms with Crippen molar-refractivity contribution in [2.75, 3.05) is 46.8 Å². The minimum atomic E-state index is -0.474. The second-order valence-corrected chi connectivity index (χ2v) is 4.01. The van der Waals surface area contributed by atoms with E-state index >= 15 is 0 Å². The monoisotopic (exact) mass is 302 g/mol. The first-order chi connectivity index (χ1) is 10.3. The molecule has 0 spiro atoms. The molecule has 0 aromatic carbocycles. The normalized spacial score (nSPS) is 10.8. The minimum Gasteiger partial charge on any atom is -0.453 e. The number of hydrogen-bond donors (Lipinski definition) is 2. The fourth-order valence-corrected chi connectivity index (χ4v) is 1.40. The first-order valence-electron chi connectivity index (χ1n) is 6.59. The van der Waals surface area contributed by atoms with E-state index in [0.29, 0.717) is 45.4 Å². The predicted octanol–water partition coefficient (Wildman–Crippen LogP) is 0.0793. The van der Waals surface area contributed by atoms with Crippen molar-refractivity contribution in [3.63, 3.8) is 0 Å².